The summed E-state index contributed by atoms with van der Waals surface area (Å²) in [5.74, 6) is -2.61. The van der Waals surface area contributed by atoms with Gasteiger partial charge in [-0.3, -0.25) is 9.78 Å². The molecule has 0 saturated carbocycles. The van der Waals surface area contributed by atoms with Crippen molar-refractivity contribution in [2.45, 2.75) is 0 Å². The number of benzene rings is 1. The Hall–Kier alpha value is -2.02. The van der Waals surface area contributed by atoms with Crippen molar-refractivity contribution in [2.24, 2.45) is 0 Å². The largest absolute Gasteiger partial charge is 0.396 e. The molecule has 4 nitrogen and oxygen atoms in total. The summed E-state index contributed by atoms with van der Waals surface area (Å²) in [6, 6.07) is 3.06. The number of halogens is 3. The van der Waals surface area contributed by atoms with Gasteiger partial charge in [0.1, 0.15) is 11.6 Å². The number of nitrogen functional groups attached to an aromatic ring is 1. The predicted octanol–water partition coefficient (Wildman–Crippen LogP) is 2.96. The van der Waals surface area contributed by atoms with Crippen molar-refractivity contribution in [3.05, 3.63) is 52.3 Å². The quantitative estimate of drug-likeness (QED) is 0.833. The van der Waals surface area contributed by atoms with Crippen molar-refractivity contribution >= 4 is 33.2 Å². The molecule has 0 bridgehead atoms. The van der Waals surface area contributed by atoms with E-state index in [0.29, 0.717) is 16.2 Å². The number of carbonyl (C=O) groups is 1. The van der Waals surface area contributed by atoms with Crippen LogP contribution in [0.25, 0.3) is 0 Å². The number of nitrogens with zero attached hydrogens (tertiary/aromatic N) is 1. The van der Waals surface area contributed by atoms with Gasteiger partial charge in [-0.05, 0) is 28.1 Å². The van der Waals surface area contributed by atoms with Crippen LogP contribution in [0.15, 0.2) is 35.1 Å². The highest BCUT2D eigenvalue weighted by Crippen LogP contribution is 2.22. The normalized spacial score (nSPS) is 10.3. The van der Waals surface area contributed by atoms with E-state index >= 15 is 0 Å². The number of nitrogens with two attached hydrogens (primary N) is 1. The molecule has 0 aliphatic rings. The second-order valence-corrected chi connectivity index (χ2v) is 4.52. The molecule has 0 radical (unpaired) electrons. The molecule has 0 spiro atoms. The first-order valence-electron chi connectivity index (χ1n) is 5.14. The number of aromatic nitrogens is 1. The SMILES string of the molecule is Nc1cc(C(=O)Nc2ccncc2Br)c(F)cc1F. The van der Waals surface area contributed by atoms with E-state index < -0.39 is 17.5 Å². The number of carbonyl (C=O) groups excluding carboxylic acids is 1. The van der Waals surface area contributed by atoms with E-state index in [-0.39, 0.29) is 11.3 Å². The fourth-order valence-electron chi connectivity index (χ4n) is 1.41. The van der Waals surface area contributed by atoms with Crippen molar-refractivity contribution in [3.63, 3.8) is 0 Å². The van der Waals surface area contributed by atoms with Crippen LogP contribution in [0.4, 0.5) is 20.2 Å². The highest BCUT2D eigenvalue weighted by Gasteiger charge is 2.16. The Kier molecular flexibility index (Phi) is 3.75. The molecule has 0 aliphatic heterocycles. The van der Waals surface area contributed by atoms with Crippen molar-refractivity contribution in [1.82, 2.24) is 4.98 Å². The number of nitrogens with one attached hydrogen (secondary N) is 1. The molecule has 1 aromatic heterocycles. The lowest BCUT2D eigenvalue weighted by molar-refractivity contribution is 0.102. The Bertz CT molecular complexity index is 649. The second kappa shape index (κ2) is 5.31. The fourth-order valence-corrected chi connectivity index (χ4v) is 1.76. The van der Waals surface area contributed by atoms with E-state index in [0.717, 1.165) is 6.07 Å². The van der Waals surface area contributed by atoms with Crippen molar-refractivity contribution in [1.29, 1.82) is 0 Å². The van der Waals surface area contributed by atoms with Gasteiger partial charge in [-0.2, -0.15) is 0 Å². The average Bonchev–Trinajstić information content (AvgIpc) is 2.36. The Labute approximate surface area is 115 Å². The molecule has 19 heavy (non-hydrogen) atoms. The predicted molar refractivity (Wildman–Crippen MR) is 70.7 cm³/mol. The maximum Gasteiger partial charge on any atom is 0.258 e. The Balaban J connectivity index is 2.31. The monoisotopic (exact) mass is 327 g/mol. The van der Waals surface area contributed by atoms with Crippen molar-refractivity contribution < 1.29 is 13.6 Å². The van der Waals surface area contributed by atoms with E-state index in [1.54, 1.807) is 0 Å². The van der Waals surface area contributed by atoms with Gasteiger partial charge in [0.25, 0.3) is 5.91 Å². The molecule has 2 rings (SSSR count). The standard InChI is InChI=1S/C12H8BrF2N3O/c13-7-5-17-2-1-11(7)18-12(19)6-3-10(16)9(15)4-8(6)14/h1-5H,16H2,(H,17,18,19). The summed E-state index contributed by atoms with van der Waals surface area (Å²) in [6.45, 7) is 0. The number of hydrogen-bond donors (Lipinski definition) is 2. The second-order valence-electron chi connectivity index (χ2n) is 3.66. The topological polar surface area (TPSA) is 68.0 Å². The van der Waals surface area contributed by atoms with Gasteiger partial charge >= 0.3 is 0 Å². The first-order valence-corrected chi connectivity index (χ1v) is 5.93. The molecule has 1 aromatic carbocycles. The van der Waals surface area contributed by atoms with Crippen LogP contribution >= 0.6 is 15.9 Å². The Morgan fingerprint density at radius 1 is 1.32 bits per heavy atom. The van der Waals surface area contributed by atoms with E-state index in [2.05, 4.69) is 26.2 Å². The zero-order valence-corrected chi connectivity index (χ0v) is 11.0. The lowest BCUT2D eigenvalue weighted by Gasteiger charge is -2.08. The number of anilines is 2. The van der Waals surface area contributed by atoms with Gasteiger partial charge in [0.05, 0.1) is 21.4 Å². The zero-order chi connectivity index (χ0) is 14.0. The van der Waals surface area contributed by atoms with Crippen molar-refractivity contribution in [3.8, 4) is 0 Å². The third-order valence-electron chi connectivity index (χ3n) is 2.35. The molecule has 7 heteroatoms. The molecular formula is C12H8BrF2N3O. The lowest BCUT2D eigenvalue weighted by atomic mass is 10.1. The van der Waals surface area contributed by atoms with Gasteiger partial charge in [-0.25, -0.2) is 8.78 Å². The van der Waals surface area contributed by atoms with E-state index in [1.807, 2.05) is 0 Å². The summed E-state index contributed by atoms with van der Waals surface area (Å²) in [4.78, 5) is 15.7. The molecule has 3 N–H and O–H groups in total. The first kappa shape index (κ1) is 13.4. The summed E-state index contributed by atoms with van der Waals surface area (Å²) in [5.41, 5.74) is 5.11. The minimum Gasteiger partial charge on any atom is -0.396 e. The Morgan fingerprint density at radius 3 is 2.74 bits per heavy atom. The number of rotatable bonds is 2. The van der Waals surface area contributed by atoms with Crippen LogP contribution in [-0.2, 0) is 0 Å². The van der Waals surface area contributed by atoms with Crippen LogP contribution in [-0.4, -0.2) is 10.9 Å². The molecular weight excluding hydrogens is 320 g/mol. The zero-order valence-electron chi connectivity index (χ0n) is 9.45. The van der Waals surface area contributed by atoms with Gasteiger partial charge in [-0.15, -0.1) is 0 Å². The molecule has 2 aromatic rings. The molecule has 0 aliphatic carbocycles. The summed E-state index contributed by atoms with van der Waals surface area (Å²) < 4.78 is 27.0. The van der Waals surface area contributed by atoms with Crippen molar-refractivity contribution in [2.75, 3.05) is 11.1 Å². The van der Waals surface area contributed by atoms with Gasteiger partial charge in [-0.1, -0.05) is 0 Å². The summed E-state index contributed by atoms with van der Waals surface area (Å²) >= 11 is 3.19. The number of pyridine rings is 1. The van der Waals surface area contributed by atoms with E-state index in [4.69, 9.17) is 5.73 Å². The summed E-state index contributed by atoms with van der Waals surface area (Å²) in [6.07, 6.45) is 2.95. The van der Waals surface area contributed by atoms with Crippen LogP contribution in [0.2, 0.25) is 0 Å². The molecule has 0 fully saturated rings. The minimum atomic E-state index is -0.977. The lowest BCUT2D eigenvalue weighted by Crippen LogP contribution is -2.15. The van der Waals surface area contributed by atoms with Crippen LogP contribution in [0, 0.1) is 11.6 Å². The highest BCUT2D eigenvalue weighted by molar-refractivity contribution is 9.10. The van der Waals surface area contributed by atoms with Gasteiger partial charge < -0.3 is 11.1 Å². The summed E-state index contributed by atoms with van der Waals surface area (Å²) in [7, 11) is 0. The van der Waals surface area contributed by atoms with Gasteiger partial charge in [0.2, 0.25) is 0 Å². The van der Waals surface area contributed by atoms with Crippen LogP contribution in [0.5, 0.6) is 0 Å². The molecule has 1 heterocycles. The third kappa shape index (κ3) is 2.87. The average molecular weight is 328 g/mol. The Morgan fingerprint density at radius 2 is 2.05 bits per heavy atom. The number of hydrogen-bond acceptors (Lipinski definition) is 3. The molecule has 98 valence electrons. The number of amides is 1. The van der Waals surface area contributed by atoms with Crippen LogP contribution < -0.4 is 11.1 Å². The van der Waals surface area contributed by atoms with Crippen LogP contribution in [0.3, 0.4) is 0 Å². The molecule has 0 atom stereocenters. The minimum absolute atomic E-state index is 0.291. The van der Waals surface area contributed by atoms with E-state index in [9.17, 15) is 13.6 Å². The molecule has 0 unspecified atom stereocenters. The summed E-state index contributed by atoms with van der Waals surface area (Å²) in [5, 5.41) is 2.47. The van der Waals surface area contributed by atoms with Gasteiger partial charge in [0.15, 0.2) is 0 Å². The maximum absolute atomic E-state index is 13.5. The van der Waals surface area contributed by atoms with Gasteiger partial charge in [0, 0.05) is 18.5 Å². The maximum atomic E-state index is 13.5. The molecule has 0 saturated heterocycles. The fraction of sp³-hybridized carbons (Fsp3) is 0. The smallest absolute Gasteiger partial charge is 0.258 e. The van der Waals surface area contributed by atoms with Crippen LogP contribution in [0.1, 0.15) is 10.4 Å². The first-order chi connectivity index (χ1) is 8.99. The molecule has 1 amide bonds. The highest BCUT2D eigenvalue weighted by atomic mass is 79.9. The van der Waals surface area contributed by atoms with E-state index in [1.165, 1.54) is 18.5 Å². The third-order valence-corrected chi connectivity index (χ3v) is 2.98.